The van der Waals surface area contributed by atoms with Gasteiger partial charge in [0.05, 0.1) is 16.5 Å². The van der Waals surface area contributed by atoms with E-state index in [1.54, 1.807) is 16.8 Å². The first-order valence-corrected chi connectivity index (χ1v) is 9.77. The molecule has 0 radical (unpaired) electrons. The predicted molar refractivity (Wildman–Crippen MR) is 98.2 cm³/mol. The molecule has 1 heterocycles. The van der Waals surface area contributed by atoms with Gasteiger partial charge < -0.3 is 0 Å². The molecular weight excluding hydrogens is 322 g/mol. The summed E-state index contributed by atoms with van der Waals surface area (Å²) in [6.45, 7) is 4.14. The van der Waals surface area contributed by atoms with E-state index in [1.165, 1.54) is 11.1 Å². The molecule has 0 N–H and O–H groups in total. The highest BCUT2D eigenvalue weighted by Crippen LogP contribution is 2.31. The molecule has 0 aliphatic heterocycles. The van der Waals surface area contributed by atoms with Gasteiger partial charge in [0, 0.05) is 21.9 Å². The Morgan fingerprint density at radius 1 is 0.957 bits per heavy atom. The molecule has 1 atom stereocenters. The molecule has 4 heteroatoms. The Hall–Kier alpha value is -1.78. The second-order valence-electron chi connectivity index (χ2n) is 5.69. The van der Waals surface area contributed by atoms with Crippen molar-refractivity contribution in [2.75, 3.05) is 0 Å². The smallest absolute Gasteiger partial charge is 0.0850 e. The maximum Gasteiger partial charge on any atom is 0.0850 e. The number of benzene rings is 2. The van der Waals surface area contributed by atoms with Gasteiger partial charge in [-0.3, -0.25) is 9.19 Å². The zero-order valence-electron chi connectivity index (χ0n) is 13.2. The zero-order valence-corrected chi connectivity index (χ0v) is 14.9. The van der Waals surface area contributed by atoms with Gasteiger partial charge in [-0.25, -0.2) is 0 Å². The lowest BCUT2D eigenvalue weighted by Gasteiger charge is -2.18. The van der Waals surface area contributed by atoms with Gasteiger partial charge in [0.25, 0.3) is 0 Å². The average Bonchev–Trinajstić information content (AvgIpc) is 3.04. The van der Waals surface area contributed by atoms with Crippen LogP contribution in [0.15, 0.2) is 60.2 Å². The number of aryl methyl sites for hydroxylation is 2. The van der Waals surface area contributed by atoms with E-state index < -0.39 is 10.8 Å². The molecule has 0 aliphatic rings. The molecular formula is C19H19NOS2. The van der Waals surface area contributed by atoms with Crippen LogP contribution in [-0.4, -0.2) is 9.19 Å². The Kier molecular flexibility index (Phi) is 5.03. The monoisotopic (exact) mass is 341 g/mol. The quantitative estimate of drug-likeness (QED) is 0.667. The summed E-state index contributed by atoms with van der Waals surface area (Å²) in [5, 5.41) is -0.113. The minimum Gasteiger partial charge on any atom is -0.258 e. The number of hydrogen-bond acceptors (Lipinski definition) is 3. The number of thiazole rings is 1. The van der Waals surface area contributed by atoms with Crippen molar-refractivity contribution < 1.29 is 4.21 Å². The van der Waals surface area contributed by atoms with Crippen LogP contribution in [0.4, 0.5) is 0 Å². The third-order valence-corrected chi connectivity index (χ3v) is 6.42. The minimum atomic E-state index is -1.03. The van der Waals surface area contributed by atoms with Crippen molar-refractivity contribution in [2.24, 2.45) is 0 Å². The summed E-state index contributed by atoms with van der Waals surface area (Å²) in [6.07, 6.45) is 1.81. The van der Waals surface area contributed by atoms with Crippen molar-refractivity contribution in [3.63, 3.8) is 0 Å². The Bertz CT molecular complexity index is 732. The molecule has 0 aliphatic carbocycles. The molecule has 0 bridgehead atoms. The summed E-state index contributed by atoms with van der Waals surface area (Å²) in [6, 6.07) is 16.7. The molecule has 3 aromatic rings. The first-order valence-electron chi connectivity index (χ1n) is 7.51. The van der Waals surface area contributed by atoms with Crippen LogP contribution in [0.25, 0.3) is 0 Å². The fourth-order valence-electron chi connectivity index (χ4n) is 2.52. The van der Waals surface area contributed by atoms with Crippen LogP contribution in [0.2, 0.25) is 0 Å². The molecule has 1 aromatic heterocycles. The van der Waals surface area contributed by atoms with Gasteiger partial charge in [-0.2, -0.15) is 0 Å². The summed E-state index contributed by atoms with van der Waals surface area (Å²) in [5.41, 5.74) is 6.41. The largest absolute Gasteiger partial charge is 0.258 e. The lowest BCUT2D eigenvalue weighted by Crippen LogP contribution is -2.10. The molecule has 1 unspecified atom stereocenters. The molecule has 0 saturated carbocycles. The van der Waals surface area contributed by atoms with E-state index in [2.05, 4.69) is 67.4 Å². The van der Waals surface area contributed by atoms with Crippen molar-refractivity contribution in [3.05, 3.63) is 87.4 Å². The molecule has 0 fully saturated rings. The summed E-state index contributed by atoms with van der Waals surface area (Å²) >= 11 is 1.56. The third-order valence-electron chi connectivity index (χ3n) is 3.79. The average molecular weight is 342 g/mol. The summed E-state index contributed by atoms with van der Waals surface area (Å²) in [4.78, 5) is 5.15. The van der Waals surface area contributed by atoms with E-state index >= 15 is 0 Å². The SMILES string of the molecule is Cc1ccc(C(c2ccc(C)cc2)S(=O)Cc2cncs2)cc1. The molecule has 3 rings (SSSR count). The van der Waals surface area contributed by atoms with Gasteiger partial charge in [-0.15, -0.1) is 11.3 Å². The minimum absolute atomic E-state index is 0.113. The van der Waals surface area contributed by atoms with E-state index in [0.717, 1.165) is 16.0 Å². The number of nitrogens with zero attached hydrogens (tertiary/aromatic N) is 1. The van der Waals surface area contributed by atoms with Crippen molar-refractivity contribution in [2.45, 2.75) is 24.9 Å². The second-order valence-corrected chi connectivity index (χ2v) is 8.19. The Morgan fingerprint density at radius 2 is 1.48 bits per heavy atom. The lowest BCUT2D eigenvalue weighted by atomic mass is 10.0. The third kappa shape index (κ3) is 3.95. The number of rotatable bonds is 5. The molecule has 2 aromatic carbocycles. The Labute approximate surface area is 143 Å². The van der Waals surface area contributed by atoms with Crippen LogP contribution < -0.4 is 0 Å². The van der Waals surface area contributed by atoms with E-state index in [9.17, 15) is 4.21 Å². The first-order chi connectivity index (χ1) is 11.1. The summed E-state index contributed by atoms with van der Waals surface area (Å²) in [7, 11) is -1.03. The highest BCUT2D eigenvalue weighted by atomic mass is 32.2. The van der Waals surface area contributed by atoms with Crippen LogP contribution in [0.5, 0.6) is 0 Å². The van der Waals surface area contributed by atoms with Crippen LogP contribution in [0.3, 0.4) is 0 Å². The van der Waals surface area contributed by atoms with Crippen LogP contribution in [0.1, 0.15) is 32.4 Å². The van der Waals surface area contributed by atoms with Crippen LogP contribution >= 0.6 is 11.3 Å². The van der Waals surface area contributed by atoms with Gasteiger partial charge in [0.1, 0.15) is 0 Å². The molecule has 23 heavy (non-hydrogen) atoms. The standard InChI is InChI=1S/C19H19NOS2/c1-14-3-7-16(8-4-14)19(17-9-5-15(2)6-10-17)23(21)12-18-11-20-13-22-18/h3-11,13,19H,12H2,1-2H3. The van der Waals surface area contributed by atoms with E-state index in [4.69, 9.17) is 0 Å². The highest BCUT2D eigenvalue weighted by Gasteiger charge is 2.22. The van der Waals surface area contributed by atoms with E-state index in [1.807, 2.05) is 6.20 Å². The van der Waals surface area contributed by atoms with Crippen molar-refractivity contribution in [1.29, 1.82) is 0 Å². The van der Waals surface area contributed by atoms with Gasteiger partial charge in [-0.1, -0.05) is 59.7 Å². The van der Waals surface area contributed by atoms with Crippen LogP contribution in [0, 0.1) is 13.8 Å². The highest BCUT2D eigenvalue weighted by molar-refractivity contribution is 7.84. The fraction of sp³-hybridized carbons (Fsp3) is 0.211. The van der Waals surface area contributed by atoms with E-state index in [-0.39, 0.29) is 5.25 Å². The first kappa shape index (κ1) is 16.1. The topological polar surface area (TPSA) is 30.0 Å². The van der Waals surface area contributed by atoms with Crippen molar-refractivity contribution >= 4 is 22.1 Å². The van der Waals surface area contributed by atoms with Crippen molar-refractivity contribution in [1.82, 2.24) is 4.98 Å². The predicted octanol–water partition coefficient (Wildman–Crippen LogP) is 4.80. The maximum atomic E-state index is 13.1. The molecule has 0 spiro atoms. The van der Waals surface area contributed by atoms with Crippen LogP contribution in [-0.2, 0) is 16.6 Å². The normalized spacial score (nSPS) is 12.5. The van der Waals surface area contributed by atoms with Gasteiger partial charge in [0.2, 0.25) is 0 Å². The summed E-state index contributed by atoms with van der Waals surface area (Å²) < 4.78 is 13.1. The number of hydrogen-bond donors (Lipinski definition) is 0. The van der Waals surface area contributed by atoms with E-state index in [0.29, 0.717) is 5.75 Å². The lowest BCUT2D eigenvalue weighted by molar-refractivity contribution is 0.678. The van der Waals surface area contributed by atoms with Gasteiger partial charge in [0.15, 0.2) is 0 Å². The number of aromatic nitrogens is 1. The molecule has 2 nitrogen and oxygen atoms in total. The summed E-state index contributed by atoms with van der Waals surface area (Å²) in [5.74, 6) is 0.539. The fourth-order valence-corrected chi connectivity index (χ4v) is 4.96. The Balaban J connectivity index is 1.97. The maximum absolute atomic E-state index is 13.1. The Morgan fingerprint density at radius 3 is 1.91 bits per heavy atom. The van der Waals surface area contributed by atoms with Gasteiger partial charge in [-0.05, 0) is 25.0 Å². The molecule has 0 amide bonds. The van der Waals surface area contributed by atoms with Gasteiger partial charge >= 0.3 is 0 Å². The second kappa shape index (κ2) is 7.20. The van der Waals surface area contributed by atoms with Crippen molar-refractivity contribution in [3.8, 4) is 0 Å². The molecule has 118 valence electrons. The molecule has 0 saturated heterocycles. The zero-order chi connectivity index (χ0) is 16.2.